The van der Waals surface area contributed by atoms with Crippen LogP contribution >= 0.6 is 0 Å². The molecule has 29 heavy (non-hydrogen) atoms. The fourth-order valence-electron chi connectivity index (χ4n) is 4.72. The molecule has 1 saturated heterocycles. The van der Waals surface area contributed by atoms with E-state index < -0.39 is 0 Å². The highest BCUT2D eigenvalue weighted by Gasteiger charge is 2.30. The second kappa shape index (κ2) is 8.08. The van der Waals surface area contributed by atoms with Gasteiger partial charge in [0.25, 0.3) is 0 Å². The van der Waals surface area contributed by atoms with Crippen LogP contribution in [0.5, 0.6) is 0 Å². The molecule has 1 aromatic carbocycles. The molecule has 1 aliphatic carbocycles. The minimum absolute atomic E-state index is 0.0424. The Kier molecular flexibility index (Phi) is 5.16. The number of hydrogen-bond acceptors (Lipinski definition) is 6. The van der Waals surface area contributed by atoms with Gasteiger partial charge in [-0.05, 0) is 31.2 Å². The van der Waals surface area contributed by atoms with Crippen LogP contribution in [0.15, 0.2) is 36.7 Å². The van der Waals surface area contributed by atoms with Crippen molar-refractivity contribution < 1.29 is 5.11 Å². The zero-order valence-electron chi connectivity index (χ0n) is 16.7. The van der Waals surface area contributed by atoms with Gasteiger partial charge >= 0.3 is 0 Å². The summed E-state index contributed by atoms with van der Waals surface area (Å²) in [6.45, 7) is 1.62. The highest BCUT2D eigenvalue weighted by molar-refractivity contribution is 5.83. The van der Waals surface area contributed by atoms with E-state index >= 15 is 0 Å². The smallest absolute Gasteiger partial charge is 0.166 e. The molecular formula is C22H28N6O. The molecule has 1 aliphatic heterocycles. The van der Waals surface area contributed by atoms with Gasteiger partial charge in [-0.25, -0.2) is 15.0 Å². The van der Waals surface area contributed by atoms with Crippen LogP contribution in [0.4, 0.5) is 5.82 Å². The third-order valence-corrected chi connectivity index (χ3v) is 6.30. The van der Waals surface area contributed by atoms with Gasteiger partial charge in [0, 0.05) is 19.1 Å². The summed E-state index contributed by atoms with van der Waals surface area (Å²) in [5.74, 6) is 1.58. The van der Waals surface area contributed by atoms with Gasteiger partial charge in [-0.15, -0.1) is 0 Å². The quantitative estimate of drug-likeness (QED) is 0.667. The summed E-state index contributed by atoms with van der Waals surface area (Å²) in [4.78, 5) is 16.6. The fraction of sp³-hybridized carbons (Fsp3) is 0.500. The van der Waals surface area contributed by atoms with Crippen molar-refractivity contribution in [2.24, 2.45) is 0 Å². The third-order valence-electron chi connectivity index (χ3n) is 6.30. The summed E-state index contributed by atoms with van der Waals surface area (Å²) in [5, 5.41) is 13.3. The summed E-state index contributed by atoms with van der Waals surface area (Å²) in [5.41, 5.74) is 2.96. The maximum absolute atomic E-state index is 9.76. The van der Waals surface area contributed by atoms with Crippen molar-refractivity contribution in [3.05, 3.63) is 48.0 Å². The number of nitrogens with zero attached hydrogens (tertiary/aromatic N) is 5. The first-order valence-electron chi connectivity index (χ1n) is 10.7. The Bertz CT molecular complexity index is 966. The lowest BCUT2D eigenvalue weighted by Gasteiger charge is -2.21. The van der Waals surface area contributed by atoms with Crippen molar-refractivity contribution >= 4 is 17.0 Å². The van der Waals surface area contributed by atoms with Crippen molar-refractivity contribution in [1.29, 1.82) is 0 Å². The standard InChI is InChI=1S/C22H28N6O/c29-15-27-12-6-11-18(27)20-25-21(23-13-16-7-2-1-3-8-16)19-22(26-20)28(14-24-19)17-9-4-5-10-17/h1-3,7-8,14,17-18,29H,4-6,9-13,15H2,(H,23,25,26). The number of aromatic nitrogens is 4. The van der Waals surface area contributed by atoms with Crippen molar-refractivity contribution in [3.8, 4) is 0 Å². The molecule has 1 atom stereocenters. The van der Waals surface area contributed by atoms with Crippen molar-refractivity contribution in [2.45, 2.75) is 57.2 Å². The van der Waals surface area contributed by atoms with Crippen LogP contribution in [-0.4, -0.2) is 42.8 Å². The molecule has 0 spiro atoms. The molecule has 1 unspecified atom stereocenters. The Hall–Kier alpha value is -2.51. The Morgan fingerprint density at radius 2 is 1.86 bits per heavy atom. The highest BCUT2D eigenvalue weighted by atomic mass is 16.3. The lowest BCUT2D eigenvalue weighted by molar-refractivity contribution is 0.0933. The zero-order valence-corrected chi connectivity index (χ0v) is 16.7. The van der Waals surface area contributed by atoms with Gasteiger partial charge in [0.05, 0.1) is 19.1 Å². The fourth-order valence-corrected chi connectivity index (χ4v) is 4.72. The SMILES string of the molecule is OCN1CCCC1c1nc(NCc2ccccc2)c2ncn(C3CCCC3)c2n1. The van der Waals surface area contributed by atoms with Gasteiger partial charge in [-0.3, -0.25) is 4.90 Å². The normalized spacial score (nSPS) is 20.7. The lowest BCUT2D eigenvalue weighted by atomic mass is 10.2. The van der Waals surface area contributed by atoms with Crippen LogP contribution in [0.3, 0.4) is 0 Å². The Morgan fingerprint density at radius 1 is 1.03 bits per heavy atom. The minimum atomic E-state index is 0.0424. The van der Waals surface area contributed by atoms with E-state index in [0.29, 0.717) is 12.6 Å². The van der Waals surface area contributed by atoms with Gasteiger partial charge < -0.3 is 15.0 Å². The molecule has 7 heteroatoms. The first-order valence-corrected chi connectivity index (χ1v) is 10.7. The van der Waals surface area contributed by atoms with E-state index in [1.54, 1.807) is 0 Å². The van der Waals surface area contributed by atoms with Gasteiger partial charge in [0.1, 0.15) is 5.52 Å². The summed E-state index contributed by atoms with van der Waals surface area (Å²) < 4.78 is 2.25. The number of rotatable bonds is 6. The number of benzene rings is 1. The van der Waals surface area contributed by atoms with Gasteiger partial charge in [-0.2, -0.15) is 0 Å². The molecule has 0 bridgehead atoms. The molecule has 152 valence electrons. The van der Waals surface area contributed by atoms with Gasteiger partial charge in [0.15, 0.2) is 17.3 Å². The van der Waals surface area contributed by atoms with Crippen LogP contribution in [0.25, 0.3) is 11.2 Å². The van der Waals surface area contributed by atoms with Crippen LogP contribution in [-0.2, 0) is 6.54 Å². The number of aliphatic hydroxyl groups excluding tert-OH is 1. The Morgan fingerprint density at radius 3 is 2.66 bits per heavy atom. The maximum atomic E-state index is 9.76. The molecule has 1 saturated carbocycles. The lowest BCUT2D eigenvalue weighted by Crippen LogP contribution is -2.26. The monoisotopic (exact) mass is 392 g/mol. The van der Waals surface area contributed by atoms with E-state index in [0.717, 1.165) is 42.2 Å². The molecule has 2 aromatic heterocycles. The summed E-state index contributed by atoms with van der Waals surface area (Å²) in [6.07, 6.45) is 8.87. The average Bonchev–Trinajstić information content (AvgIpc) is 3.52. The molecule has 3 heterocycles. The van der Waals surface area contributed by atoms with E-state index in [9.17, 15) is 5.11 Å². The second-order valence-electron chi connectivity index (χ2n) is 8.14. The number of imidazole rings is 1. The summed E-state index contributed by atoms with van der Waals surface area (Å²) in [6, 6.07) is 10.9. The van der Waals surface area contributed by atoms with E-state index in [2.05, 4.69) is 26.9 Å². The van der Waals surface area contributed by atoms with Gasteiger partial charge in [0.2, 0.25) is 0 Å². The molecule has 2 aliphatic rings. The molecule has 5 rings (SSSR count). The number of fused-ring (bicyclic) bond motifs is 1. The molecule has 0 amide bonds. The number of likely N-dealkylation sites (tertiary alicyclic amines) is 1. The Labute approximate surface area is 170 Å². The summed E-state index contributed by atoms with van der Waals surface area (Å²) >= 11 is 0. The topological polar surface area (TPSA) is 79.1 Å². The predicted octanol–water partition coefficient (Wildman–Crippen LogP) is 3.64. The van der Waals surface area contributed by atoms with Crippen molar-refractivity contribution in [1.82, 2.24) is 24.4 Å². The largest absolute Gasteiger partial charge is 0.381 e. The van der Waals surface area contributed by atoms with Crippen molar-refractivity contribution in [2.75, 3.05) is 18.6 Å². The maximum Gasteiger partial charge on any atom is 0.166 e. The molecular weight excluding hydrogens is 364 g/mol. The molecule has 2 N–H and O–H groups in total. The van der Waals surface area contributed by atoms with E-state index in [1.165, 1.54) is 31.2 Å². The number of nitrogens with one attached hydrogen (secondary N) is 1. The number of aliphatic hydroxyl groups is 1. The molecule has 7 nitrogen and oxygen atoms in total. The van der Waals surface area contributed by atoms with Crippen LogP contribution in [0.2, 0.25) is 0 Å². The van der Waals surface area contributed by atoms with Crippen molar-refractivity contribution in [3.63, 3.8) is 0 Å². The third kappa shape index (κ3) is 3.60. The van der Waals surface area contributed by atoms with Crippen LogP contribution in [0, 0.1) is 0 Å². The molecule has 0 radical (unpaired) electrons. The van der Waals surface area contributed by atoms with E-state index in [-0.39, 0.29) is 12.8 Å². The van der Waals surface area contributed by atoms with E-state index in [4.69, 9.17) is 15.0 Å². The first kappa shape index (κ1) is 18.5. The molecule has 3 aromatic rings. The highest BCUT2D eigenvalue weighted by Crippen LogP contribution is 2.35. The zero-order chi connectivity index (χ0) is 19.6. The number of anilines is 1. The van der Waals surface area contributed by atoms with Crippen LogP contribution in [0.1, 0.15) is 62.0 Å². The van der Waals surface area contributed by atoms with Crippen LogP contribution < -0.4 is 5.32 Å². The molecule has 2 fully saturated rings. The summed E-state index contributed by atoms with van der Waals surface area (Å²) in [7, 11) is 0. The second-order valence-corrected chi connectivity index (χ2v) is 8.14. The minimum Gasteiger partial charge on any atom is -0.381 e. The Balaban J connectivity index is 1.54. The van der Waals surface area contributed by atoms with E-state index in [1.807, 2.05) is 24.5 Å². The predicted molar refractivity (Wildman–Crippen MR) is 112 cm³/mol. The average molecular weight is 393 g/mol. The first-order chi connectivity index (χ1) is 14.3. The van der Waals surface area contributed by atoms with Gasteiger partial charge in [-0.1, -0.05) is 43.2 Å². The number of hydrogen-bond donors (Lipinski definition) is 2.